The van der Waals surface area contributed by atoms with Gasteiger partial charge in [-0.1, -0.05) is 15.9 Å². The maximum Gasteiger partial charge on any atom is 0.236 e. The lowest BCUT2D eigenvalue weighted by atomic mass is 10.2. The van der Waals surface area contributed by atoms with E-state index in [1.165, 1.54) is 14.2 Å². The molecule has 0 unspecified atom stereocenters. The topological polar surface area (TPSA) is 52.6 Å². The molecule has 0 saturated carbocycles. The summed E-state index contributed by atoms with van der Waals surface area (Å²) in [5, 5.41) is 0. The van der Waals surface area contributed by atoms with Gasteiger partial charge in [-0.05, 0) is 12.1 Å². The van der Waals surface area contributed by atoms with Gasteiger partial charge < -0.3 is 9.47 Å². The second kappa shape index (κ2) is 5.25. The molecule has 0 fully saturated rings. The van der Waals surface area contributed by atoms with E-state index in [2.05, 4.69) is 15.9 Å². The zero-order valence-corrected chi connectivity index (χ0v) is 11.8. The standard InChI is InChI=1S/C9H10BrClO4S/c1-14-8-4-7(10)3-6(9(8)15-2)5-16(11,12)13/h3-4H,5H2,1-2H3. The molecule has 16 heavy (non-hydrogen) atoms. The summed E-state index contributed by atoms with van der Waals surface area (Å²) in [7, 11) is 4.49. The molecule has 4 nitrogen and oxygen atoms in total. The quantitative estimate of drug-likeness (QED) is 0.797. The highest BCUT2D eigenvalue weighted by atomic mass is 79.9. The van der Waals surface area contributed by atoms with E-state index in [0.29, 0.717) is 21.5 Å². The first-order chi connectivity index (χ1) is 7.37. The molecule has 90 valence electrons. The largest absolute Gasteiger partial charge is 0.493 e. The molecule has 0 aliphatic rings. The Morgan fingerprint density at radius 1 is 1.31 bits per heavy atom. The third kappa shape index (κ3) is 3.54. The highest BCUT2D eigenvalue weighted by Gasteiger charge is 2.16. The number of halogens is 2. The van der Waals surface area contributed by atoms with E-state index in [-0.39, 0.29) is 5.75 Å². The van der Waals surface area contributed by atoms with Gasteiger partial charge in [0.15, 0.2) is 11.5 Å². The van der Waals surface area contributed by atoms with E-state index in [1.807, 2.05) is 0 Å². The fraction of sp³-hybridized carbons (Fsp3) is 0.333. The van der Waals surface area contributed by atoms with E-state index in [1.54, 1.807) is 12.1 Å². The predicted molar refractivity (Wildman–Crippen MR) is 65.7 cm³/mol. The molecule has 0 amide bonds. The molecule has 0 aliphatic carbocycles. The molecule has 7 heteroatoms. The van der Waals surface area contributed by atoms with E-state index in [4.69, 9.17) is 20.2 Å². The van der Waals surface area contributed by atoms with Crippen LogP contribution in [-0.2, 0) is 14.8 Å². The second-order valence-electron chi connectivity index (χ2n) is 2.98. The summed E-state index contributed by atoms with van der Waals surface area (Å²) in [6.45, 7) is 0. The summed E-state index contributed by atoms with van der Waals surface area (Å²) in [6.07, 6.45) is 0. The fourth-order valence-corrected chi connectivity index (χ4v) is 2.72. The third-order valence-electron chi connectivity index (χ3n) is 1.85. The van der Waals surface area contributed by atoms with Gasteiger partial charge in [0.25, 0.3) is 0 Å². The van der Waals surface area contributed by atoms with Gasteiger partial charge in [-0.2, -0.15) is 0 Å². The van der Waals surface area contributed by atoms with Crippen molar-refractivity contribution in [3.05, 3.63) is 22.2 Å². The number of rotatable bonds is 4. The molecule has 0 radical (unpaired) electrons. The Kier molecular flexibility index (Phi) is 4.46. The SMILES string of the molecule is COc1cc(Br)cc(CS(=O)(=O)Cl)c1OC. The molecule has 0 bridgehead atoms. The molecule has 1 aromatic rings. The van der Waals surface area contributed by atoms with Crippen molar-refractivity contribution in [3.63, 3.8) is 0 Å². The zero-order valence-electron chi connectivity index (χ0n) is 8.66. The fourth-order valence-electron chi connectivity index (χ4n) is 1.30. The average Bonchev–Trinajstić information content (AvgIpc) is 2.14. The molecular weight excluding hydrogens is 320 g/mol. The first-order valence-electron chi connectivity index (χ1n) is 4.20. The van der Waals surface area contributed by atoms with Gasteiger partial charge in [-0.25, -0.2) is 8.42 Å². The Morgan fingerprint density at radius 3 is 2.38 bits per heavy atom. The van der Waals surface area contributed by atoms with Gasteiger partial charge in [-0.3, -0.25) is 0 Å². The molecule has 1 aromatic carbocycles. The van der Waals surface area contributed by atoms with E-state index >= 15 is 0 Å². The number of benzene rings is 1. The van der Waals surface area contributed by atoms with Crippen LogP contribution >= 0.6 is 26.6 Å². The smallest absolute Gasteiger partial charge is 0.236 e. The molecule has 1 rings (SSSR count). The van der Waals surface area contributed by atoms with Crippen molar-refractivity contribution in [2.75, 3.05) is 14.2 Å². The van der Waals surface area contributed by atoms with Crippen molar-refractivity contribution >= 4 is 35.7 Å². The van der Waals surface area contributed by atoms with Gasteiger partial charge in [0, 0.05) is 20.7 Å². The van der Waals surface area contributed by atoms with E-state index in [9.17, 15) is 8.42 Å². The minimum absolute atomic E-state index is 0.312. The summed E-state index contributed by atoms with van der Waals surface area (Å²) in [6, 6.07) is 3.31. The molecule has 0 atom stereocenters. The minimum atomic E-state index is -3.64. The zero-order chi connectivity index (χ0) is 12.3. The van der Waals surface area contributed by atoms with Crippen LogP contribution in [0, 0.1) is 0 Å². The highest BCUT2D eigenvalue weighted by molar-refractivity contribution is 9.10. The van der Waals surface area contributed by atoms with Crippen LogP contribution in [0.4, 0.5) is 0 Å². The number of ether oxygens (including phenoxy) is 2. The van der Waals surface area contributed by atoms with Crippen molar-refractivity contribution < 1.29 is 17.9 Å². The Bertz CT molecular complexity index is 487. The molecule has 0 heterocycles. The Hall–Kier alpha value is -0.460. The predicted octanol–water partition coefficient (Wildman–Crippen LogP) is 2.53. The summed E-state index contributed by atoms with van der Waals surface area (Å²) in [5.41, 5.74) is 0.448. The van der Waals surface area contributed by atoms with Crippen LogP contribution in [0.15, 0.2) is 16.6 Å². The highest BCUT2D eigenvalue weighted by Crippen LogP contribution is 2.35. The monoisotopic (exact) mass is 328 g/mol. The Morgan fingerprint density at radius 2 is 1.94 bits per heavy atom. The second-order valence-corrected chi connectivity index (χ2v) is 6.68. The molecule has 0 N–H and O–H groups in total. The first kappa shape index (κ1) is 13.6. The lowest BCUT2D eigenvalue weighted by molar-refractivity contribution is 0.352. The molecule has 0 aromatic heterocycles. The van der Waals surface area contributed by atoms with Gasteiger partial charge >= 0.3 is 0 Å². The molecule has 0 spiro atoms. The molecular formula is C9H10BrClO4S. The van der Waals surface area contributed by atoms with Crippen molar-refractivity contribution in [2.24, 2.45) is 0 Å². The summed E-state index contributed by atoms with van der Waals surface area (Å²) in [5.74, 6) is 0.509. The van der Waals surface area contributed by atoms with E-state index < -0.39 is 9.05 Å². The summed E-state index contributed by atoms with van der Waals surface area (Å²) >= 11 is 3.25. The lowest BCUT2D eigenvalue weighted by Crippen LogP contribution is -2.00. The van der Waals surface area contributed by atoms with Crippen LogP contribution in [-0.4, -0.2) is 22.6 Å². The lowest BCUT2D eigenvalue weighted by Gasteiger charge is -2.12. The van der Waals surface area contributed by atoms with Gasteiger partial charge in [0.2, 0.25) is 9.05 Å². The van der Waals surface area contributed by atoms with Crippen molar-refractivity contribution in [1.29, 1.82) is 0 Å². The Balaban J connectivity index is 3.31. The third-order valence-corrected chi connectivity index (χ3v) is 3.29. The van der Waals surface area contributed by atoms with Crippen LogP contribution in [0.1, 0.15) is 5.56 Å². The van der Waals surface area contributed by atoms with Gasteiger partial charge in [-0.15, -0.1) is 0 Å². The van der Waals surface area contributed by atoms with Crippen molar-refractivity contribution in [2.45, 2.75) is 5.75 Å². The minimum Gasteiger partial charge on any atom is -0.493 e. The van der Waals surface area contributed by atoms with Gasteiger partial charge in [0.1, 0.15) is 0 Å². The van der Waals surface area contributed by atoms with Crippen LogP contribution < -0.4 is 9.47 Å². The van der Waals surface area contributed by atoms with Crippen LogP contribution in [0.2, 0.25) is 0 Å². The van der Waals surface area contributed by atoms with Crippen LogP contribution in [0.25, 0.3) is 0 Å². The normalized spacial score (nSPS) is 11.2. The van der Waals surface area contributed by atoms with Crippen LogP contribution in [0.3, 0.4) is 0 Å². The summed E-state index contributed by atoms with van der Waals surface area (Å²) < 4.78 is 32.9. The first-order valence-corrected chi connectivity index (χ1v) is 7.47. The average molecular weight is 330 g/mol. The summed E-state index contributed by atoms with van der Waals surface area (Å²) in [4.78, 5) is 0. The van der Waals surface area contributed by atoms with Crippen LogP contribution in [0.5, 0.6) is 11.5 Å². The van der Waals surface area contributed by atoms with E-state index in [0.717, 1.165) is 0 Å². The molecule has 0 aliphatic heterocycles. The number of methoxy groups -OCH3 is 2. The van der Waals surface area contributed by atoms with Crippen molar-refractivity contribution in [1.82, 2.24) is 0 Å². The maximum absolute atomic E-state index is 11.0. The maximum atomic E-state index is 11.0. The number of hydrogen-bond acceptors (Lipinski definition) is 4. The molecule has 0 saturated heterocycles. The number of hydrogen-bond donors (Lipinski definition) is 0. The van der Waals surface area contributed by atoms with Gasteiger partial charge in [0.05, 0.1) is 20.0 Å². The Labute approximate surface area is 107 Å². The van der Waals surface area contributed by atoms with Crippen molar-refractivity contribution in [3.8, 4) is 11.5 Å².